The van der Waals surface area contributed by atoms with Crippen LogP contribution in [0.4, 0.5) is 0 Å². The van der Waals surface area contributed by atoms with E-state index in [1.54, 1.807) is 18.4 Å². The summed E-state index contributed by atoms with van der Waals surface area (Å²) in [7, 11) is 1.66. The standard InChI is InChI=1S/C20H26N6OS/c1-4-21-20(22-11-9-19-23-13-15(2)28-19)24-14-16-10-12-26(25-16)17-5-7-18(27-3)8-6-17/h5-8,10,12-13H,4,9,11,14H2,1-3H3,(H2,21,22,24). The van der Waals surface area contributed by atoms with E-state index in [-0.39, 0.29) is 0 Å². The van der Waals surface area contributed by atoms with Crippen LogP contribution in [0.1, 0.15) is 22.5 Å². The van der Waals surface area contributed by atoms with Crippen molar-refractivity contribution >= 4 is 17.3 Å². The third kappa shape index (κ3) is 5.56. The fraction of sp³-hybridized carbons (Fsp3) is 0.350. The molecule has 3 aromatic rings. The minimum Gasteiger partial charge on any atom is -0.497 e. The van der Waals surface area contributed by atoms with E-state index >= 15 is 0 Å². The molecule has 3 rings (SSSR count). The normalized spacial score (nSPS) is 11.5. The van der Waals surface area contributed by atoms with Gasteiger partial charge in [-0.3, -0.25) is 0 Å². The summed E-state index contributed by atoms with van der Waals surface area (Å²) >= 11 is 1.73. The Hall–Kier alpha value is -2.87. The Morgan fingerprint density at radius 1 is 1.21 bits per heavy atom. The van der Waals surface area contributed by atoms with Gasteiger partial charge in [0.05, 0.1) is 30.0 Å². The van der Waals surface area contributed by atoms with Crippen molar-refractivity contribution in [1.82, 2.24) is 25.4 Å². The molecule has 148 valence electrons. The number of guanidine groups is 1. The summed E-state index contributed by atoms with van der Waals surface area (Å²) in [6.45, 7) is 6.24. The molecule has 0 saturated heterocycles. The molecule has 0 spiro atoms. The van der Waals surface area contributed by atoms with Crippen LogP contribution < -0.4 is 15.4 Å². The molecule has 0 aliphatic heterocycles. The Kier molecular flexibility index (Phi) is 7.02. The van der Waals surface area contributed by atoms with Crippen LogP contribution in [-0.4, -0.2) is 40.9 Å². The number of ether oxygens (including phenoxy) is 1. The quantitative estimate of drug-likeness (QED) is 0.451. The van der Waals surface area contributed by atoms with Gasteiger partial charge in [-0.25, -0.2) is 14.7 Å². The molecule has 1 aromatic carbocycles. The summed E-state index contributed by atoms with van der Waals surface area (Å²) in [6, 6.07) is 9.78. The van der Waals surface area contributed by atoms with E-state index in [4.69, 9.17) is 4.74 Å². The average molecular weight is 399 g/mol. The van der Waals surface area contributed by atoms with Gasteiger partial charge in [-0.15, -0.1) is 11.3 Å². The number of thiazole rings is 1. The van der Waals surface area contributed by atoms with Gasteiger partial charge in [0.1, 0.15) is 5.75 Å². The molecule has 0 aliphatic rings. The Morgan fingerprint density at radius 3 is 2.71 bits per heavy atom. The Balaban J connectivity index is 1.57. The van der Waals surface area contributed by atoms with Crippen molar-refractivity contribution in [2.45, 2.75) is 26.8 Å². The molecule has 2 aromatic heterocycles. The molecule has 8 heteroatoms. The Labute approximate surface area is 169 Å². The first-order valence-corrected chi connectivity index (χ1v) is 10.1. The minimum atomic E-state index is 0.509. The van der Waals surface area contributed by atoms with Gasteiger partial charge < -0.3 is 15.4 Å². The second kappa shape index (κ2) is 9.89. The van der Waals surface area contributed by atoms with Crippen LogP contribution in [-0.2, 0) is 13.0 Å². The molecule has 0 atom stereocenters. The maximum absolute atomic E-state index is 5.20. The molecule has 2 heterocycles. The molecule has 0 fully saturated rings. The van der Waals surface area contributed by atoms with E-state index in [1.165, 1.54) is 4.88 Å². The predicted octanol–water partition coefficient (Wildman–Crippen LogP) is 2.94. The van der Waals surface area contributed by atoms with Crippen molar-refractivity contribution in [3.63, 3.8) is 0 Å². The van der Waals surface area contributed by atoms with E-state index in [9.17, 15) is 0 Å². The second-order valence-corrected chi connectivity index (χ2v) is 7.51. The SMILES string of the molecule is CCNC(=NCc1ccn(-c2ccc(OC)cc2)n1)NCCc1ncc(C)s1. The van der Waals surface area contributed by atoms with E-state index in [0.29, 0.717) is 6.54 Å². The van der Waals surface area contributed by atoms with Crippen LogP contribution in [0.3, 0.4) is 0 Å². The Bertz CT molecular complexity index is 900. The van der Waals surface area contributed by atoms with Gasteiger partial charge in [0.15, 0.2) is 5.96 Å². The number of hydrogen-bond acceptors (Lipinski definition) is 5. The zero-order chi connectivity index (χ0) is 19.8. The maximum Gasteiger partial charge on any atom is 0.191 e. The zero-order valence-electron chi connectivity index (χ0n) is 16.5. The third-order valence-electron chi connectivity index (χ3n) is 4.03. The number of rotatable bonds is 8. The van der Waals surface area contributed by atoms with E-state index < -0.39 is 0 Å². The lowest BCUT2D eigenvalue weighted by atomic mass is 10.3. The van der Waals surface area contributed by atoms with Crippen molar-refractivity contribution in [3.05, 3.63) is 58.3 Å². The van der Waals surface area contributed by atoms with Crippen LogP contribution >= 0.6 is 11.3 Å². The van der Waals surface area contributed by atoms with Crippen molar-refractivity contribution < 1.29 is 4.74 Å². The summed E-state index contributed by atoms with van der Waals surface area (Å²) in [5.41, 5.74) is 1.89. The molecule has 0 aliphatic carbocycles. The molecule has 28 heavy (non-hydrogen) atoms. The molecule has 0 saturated carbocycles. The lowest BCUT2D eigenvalue weighted by Gasteiger charge is -2.10. The highest BCUT2D eigenvalue weighted by molar-refractivity contribution is 7.11. The topological polar surface area (TPSA) is 76.4 Å². The van der Waals surface area contributed by atoms with Gasteiger partial charge in [0.2, 0.25) is 0 Å². The molecule has 7 nitrogen and oxygen atoms in total. The first-order chi connectivity index (χ1) is 13.7. The fourth-order valence-corrected chi connectivity index (χ4v) is 3.42. The molecule has 0 bridgehead atoms. The number of hydrogen-bond donors (Lipinski definition) is 2. The van der Waals surface area contributed by atoms with Gasteiger partial charge in [0.25, 0.3) is 0 Å². The number of aliphatic imine (C=N–C) groups is 1. The van der Waals surface area contributed by atoms with Crippen molar-refractivity contribution in [3.8, 4) is 11.4 Å². The molecular weight excluding hydrogens is 372 g/mol. The van der Waals surface area contributed by atoms with Gasteiger partial charge in [-0.2, -0.15) is 5.10 Å². The summed E-state index contributed by atoms with van der Waals surface area (Å²) in [4.78, 5) is 10.3. The van der Waals surface area contributed by atoms with Gasteiger partial charge >= 0.3 is 0 Å². The van der Waals surface area contributed by atoms with Gasteiger partial charge in [0, 0.05) is 36.8 Å². The number of nitrogens with one attached hydrogen (secondary N) is 2. The van der Waals surface area contributed by atoms with Crippen molar-refractivity contribution in [1.29, 1.82) is 0 Å². The summed E-state index contributed by atoms with van der Waals surface area (Å²) in [6.07, 6.45) is 4.74. The number of aryl methyl sites for hydroxylation is 1. The lowest BCUT2D eigenvalue weighted by Crippen LogP contribution is -2.38. The molecule has 0 unspecified atom stereocenters. The summed E-state index contributed by atoms with van der Waals surface area (Å²) in [5, 5.41) is 12.4. The average Bonchev–Trinajstić information content (AvgIpc) is 3.35. The van der Waals surface area contributed by atoms with E-state index in [0.717, 1.165) is 47.6 Å². The highest BCUT2D eigenvalue weighted by Gasteiger charge is 2.04. The van der Waals surface area contributed by atoms with Crippen LogP contribution in [0.2, 0.25) is 0 Å². The highest BCUT2D eigenvalue weighted by atomic mass is 32.1. The van der Waals surface area contributed by atoms with E-state index in [2.05, 4.69) is 39.6 Å². The van der Waals surface area contributed by atoms with Crippen LogP contribution in [0.15, 0.2) is 47.7 Å². The van der Waals surface area contributed by atoms with Crippen LogP contribution in [0.5, 0.6) is 5.75 Å². The zero-order valence-corrected chi connectivity index (χ0v) is 17.3. The first-order valence-electron chi connectivity index (χ1n) is 9.30. The molecule has 2 N–H and O–H groups in total. The largest absolute Gasteiger partial charge is 0.497 e. The number of methoxy groups -OCH3 is 1. The lowest BCUT2D eigenvalue weighted by molar-refractivity contribution is 0.414. The third-order valence-corrected chi connectivity index (χ3v) is 5.00. The van der Waals surface area contributed by atoms with Crippen molar-refractivity contribution in [2.24, 2.45) is 4.99 Å². The summed E-state index contributed by atoms with van der Waals surface area (Å²) in [5.74, 6) is 1.62. The molecule has 0 amide bonds. The minimum absolute atomic E-state index is 0.509. The Morgan fingerprint density at radius 2 is 2.04 bits per heavy atom. The van der Waals surface area contributed by atoms with Gasteiger partial charge in [-0.05, 0) is 44.2 Å². The predicted molar refractivity (Wildman–Crippen MR) is 113 cm³/mol. The number of aromatic nitrogens is 3. The van der Waals surface area contributed by atoms with Crippen LogP contribution in [0, 0.1) is 6.92 Å². The number of benzene rings is 1. The molecule has 0 radical (unpaired) electrons. The fourth-order valence-electron chi connectivity index (χ4n) is 2.63. The monoisotopic (exact) mass is 398 g/mol. The highest BCUT2D eigenvalue weighted by Crippen LogP contribution is 2.15. The molecular formula is C20H26N6OS. The van der Waals surface area contributed by atoms with Crippen LogP contribution in [0.25, 0.3) is 5.69 Å². The number of nitrogens with zero attached hydrogens (tertiary/aromatic N) is 4. The smallest absolute Gasteiger partial charge is 0.191 e. The van der Waals surface area contributed by atoms with Gasteiger partial charge in [-0.1, -0.05) is 0 Å². The second-order valence-electron chi connectivity index (χ2n) is 6.19. The maximum atomic E-state index is 5.20. The summed E-state index contributed by atoms with van der Waals surface area (Å²) < 4.78 is 7.04. The first kappa shape index (κ1) is 19.9. The van der Waals surface area contributed by atoms with Crippen molar-refractivity contribution in [2.75, 3.05) is 20.2 Å². The van der Waals surface area contributed by atoms with E-state index in [1.807, 2.05) is 47.4 Å².